The van der Waals surface area contributed by atoms with Gasteiger partial charge >= 0.3 is 5.97 Å². The van der Waals surface area contributed by atoms with Crippen LogP contribution < -0.4 is 9.47 Å². The average Bonchev–Trinajstić information content (AvgIpc) is 3.21. The molecule has 7 heteroatoms. The molecular weight excluding hydrogens is 737 g/mol. The number of ether oxygens (including phenoxy) is 3. The third kappa shape index (κ3) is 11.6. The third-order valence-electron chi connectivity index (χ3n) is 7.99. The molecule has 6 aromatic carbocycles. The van der Waals surface area contributed by atoms with Crippen molar-refractivity contribution < 1.29 is 19.0 Å². The van der Waals surface area contributed by atoms with Crippen molar-refractivity contribution in [1.82, 2.24) is 0 Å². The molecule has 4 nitrogen and oxygen atoms in total. The molecule has 0 unspecified atom stereocenters. The summed E-state index contributed by atoms with van der Waals surface area (Å²) in [5, 5.41) is 0. The molecule has 55 heavy (non-hydrogen) atoms. The molecule has 1 aliphatic rings. The molecule has 0 amide bonds. The highest BCUT2D eigenvalue weighted by atomic mass is 32.2. The molecule has 7 rings (SSSR count). The standard InChI is InChI=1S/C24H25O3S.C24H19OS2/c1-24(2,3)27-23(25)18-26-19-14-16-22(17-15-19)28(20-10-6-4-7-11-20)21-12-8-5-9-13-21;26-20-17-15-19(16-18-20)25-23-13-7-8-14-24(23)27(21-9-3-1-4-10-21)22-11-5-2-6-12-22/h4-17H,18H2,1-3H3;1-17H,18H2/q2*+1. The van der Waals surface area contributed by atoms with Gasteiger partial charge in [-0.1, -0.05) is 97.1 Å². The number of allylic oxidation sites excluding steroid dienone is 3. The maximum atomic E-state index is 11.8. The Labute approximate surface area is 336 Å². The molecule has 0 saturated carbocycles. The van der Waals surface area contributed by atoms with E-state index >= 15 is 0 Å². The van der Waals surface area contributed by atoms with Crippen LogP contribution in [0.5, 0.6) is 11.5 Å². The topological polar surface area (TPSA) is 44.8 Å². The predicted molar refractivity (Wildman–Crippen MR) is 229 cm³/mol. The highest BCUT2D eigenvalue weighted by Crippen LogP contribution is 2.37. The number of para-hydroxylation sites is 1. The van der Waals surface area contributed by atoms with E-state index < -0.39 is 5.60 Å². The fraction of sp³-hybridized carbons (Fsp3) is 0.125. The number of rotatable bonds is 11. The number of carbonyl (C=O) groups is 1. The lowest BCUT2D eigenvalue weighted by atomic mass is 10.2. The number of hydrogen-bond donors (Lipinski definition) is 0. The molecule has 0 bridgehead atoms. The van der Waals surface area contributed by atoms with Crippen LogP contribution in [0.3, 0.4) is 0 Å². The Morgan fingerprint density at radius 2 is 1.04 bits per heavy atom. The van der Waals surface area contributed by atoms with Gasteiger partial charge in [-0.05, 0) is 124 Å². The van der Waals surface area contributed by atoms with E-state index in [1.807, 2.05) is 75.4 Å². The maximum absolute atomic E-state index is 11.8. The van der Waals surface area contributed by atoms with E-state index in [1.165, 1.54) is 29.4 Å². The van der Waals surface area contributed by atoms with Gasteiger partial charge in [0.15, 0.2) is 36.8 Å². The predicted octanol–water partition coefficient (Wildman–Crippen LogP) is 11.9. The minimum atomic E-state index is -0.510. The minimum absolute atomic E-state index is 0.0975. The van der Waals surface area contributed by atoms with Crippen LogP contribution >= 0.6 is 12.2 Å². The van der Waals surface area contributed by atoms with E-state index in [4.69, 9.17) is 26.4 Å². The van der Waals surface area contributed by atoms with Crippen LogP contribution in [0.2, 0.25) is 0 Å². The second-order valence-electron chi connectivity index (χ2n) is 13.4. The molecule has 0 fully saturated rings. The fourth-order valence-corrected chi connectivity index (χ4v) is 10.0. The molecule has 0 radical (unpaired) electrons. The van der Waals surface area contributed by atoms with Gasteiger partial charge in [-0.2, -0.15) is 0 Å². The number of thiocarbonyl (C=S) groups is 1. The SMILES string of the molecule is CC(C)(C)OC(=O)COc1ccc([S+](c2ccccc2)c2ccccc2)cc1.S=C1C=CC(Oc2ccccc2[S+](c2ccccc2)c2ccccc2)=CC1. The largest absolute Gasteiger partial charge is 0.482 e. The molecule has 0 N–H and O–H groups in total. The summed E-state index contributed by atoms with van der Waals surface area (Å²) in [4.78, 5) is 20.2. The zero-order valence-corrected chi connectivity index (χ0v) is 33.6. The summed E-state index contributed by atoms with van der Waals surface area (Å²) in [5.74, 6) is 2.02. The van der Waals surface area contributed by atoms with Gasteiger partial charge in [-0.15, -0.1) is 0 Å². The summed E-state index contributed by atoms with van der Waals surface area (Å²) in [6.45, 7) is 5.43. The summed E-state index contributed by atoms with van der Waals surface area (Å²) in [6.07, 6.45) is 6.70. The highest BCUT2D eigenvalue weighted by Gasteiger charge is 2.32. The van der Waals surface area contributed by atoms with Crippen molar-refractivity contribution in [1.29, 1.82) is 0 Å². The second kappa shape index (κ2) is 19.3. The van der Waals surface area contributed by atoms with Crippen LogP contribution in [0.1, 0.15) is 27.2 Å². The average molecular weight is 781 g/mol. The Hall–Kier alpha value is -5.34. The van der Waals surface area contributed by atoms with Crippen LogP contribution in [0.15, 0.2) is 223 Å². The van der Waals surface area contributed by atoms with E-state index in [1.54, 1.807) is 0 Å². The van der Waals surface area contributed by atoms with Gasteiger partial charge in [0, 0.05) is 11.3 Å². The first kappa shape index (κ1) is 39.4. The molecule has 1 aliphatic carbocycles. The van der Waals surface area contributed by atoms with Crippen LogP contribution in [-0.2, 0) is 31.3 Å². The lowest BCUT2D eigenvalue weighted by Crippen LogP contribution is -2.27. The van der Waals surface area contributed by atoms with Crippen molar-refractivity contribution in [3.63, 3.8) is 0 Å². The third-order valence-corrected chi connectivity index (χ3v) is 12.8. The van der Waals surface area contributed by atoms with E-state index in [0.29, 0.717) is 5.75 Å². The molecule has 0 atom stereocenters. The normalized spacial score (nSPS) is 12.4. The van der Waals surface area contributed by atoms with Crippen molar-refractivity contribution in [2.24, 2.45) is 0 Å². The van der Waals surface area contributed by atoms with E-state index in [-0.39, 0.29) is 34.4 Å². The van der Waals surface area contributed by atoms with E-state index in [0.717, 1.165) is 22.8 Å². The summed E-state index contributed by atoms with van der Waals surface area (Å²) >= 11 is 5.23. The van der Waals surface area contributed by atoms with Gasteiger partial charge in [-0.3, -0.25) is 0 Å². The highest BCUT2D eigenvalue weighted by molar-refractivity contribution is 7.97. The summed E-state index contributed by atoms with van der Waals surface area (Å²) in [5.41, 5.74) is -0.510. The van der Waals surface area contributed by atoms with Gasteiger partial charge in [0.05, 0.1) is 10.9 Å². The number of benzene rings is 6. The number of hydrogen-bond acceptors (Lipinski definition) is 5. The lowest BCUT2D eigenvalue weighted by Gasteiger charge is -2.19. The van der Waals surface area contributed by atoms with Gasteiger partial charge in [0.1, 0.15) is 28.0 Å². The Balaban J connectivity index is 0.000000187. The molecule has 0 heterocycles. The molecule has 276 valence electrons. The Morgan fingerprint density at radius 3 is 1.51 bits per heavy atom. The van der Waals surface area contributed by atoms with Crippen LogP contribution in [0.4, 0.5) is 0 Å². The van der Waals surface area contributed by atoms with Crippen molar-refractivity contribution in [3.05, 3.63) is 194 Å². The first-order valence-corrected chi connectivity index (χ1v) is 20.9. The second-order valence-corrected chi connectivity index (χ2v) is 17.9. The molecular formula is C48H44O4S3+2. The lowest BCUT2D eigenvalue weighted by molar-refractivity contribution is -0.157. The first-order chi connectivity index (χ1) is 26.7. The Bertz CT molecular complexity index is 2120. The Morgan fingerprint density at radius 1 is 0.582 bits per heavy atom. The molecule has 0 aromatic heterocycles. The quantitative estimate of drug-likeness (QED) is 0.0744. The maximum Gasteiger partial charge on any atom is 0.344 e. The number of carbonyl (C=O) groups excluding carboxylic acids is 1. The molecule has 0 saturated heterocycles. The zero-order valence-electron chi connectivity index (χ0n) is 31.2. The molecule has 6 aromatic rings. The zero-order chi connectivity index (χ0) is 38.5. The Kier molecular flexibility index (Phi) is 13.8. The van der Waals surface area contributed by atoms with Gasteiger partial charge < -0.3 is 14.2 Å². The fourth-order valence-electron chi connectivity index (χ4n) is 5.63. The van der Waals surface area contributed by atoms with Crippen molar-refractivity contribution in [3.8, 4) is 11.5 Å². The summed E-state index contributed by atoms with van der Waals surface area (Å²) in [7, 11) is -0.436. The van der Waals surface area contributed by atoms with Crippen molar-refractivity contribution >= 4 is 44.8 Å². The number of esters is 1. The van der Waals surface area contributed by atoms with Crippen LogP contribution in [0.25, 0.3) is 0 Å². The minimum Gasteiger partial charge on any atom is -0.482 e. The first-order valence-electron chi connectivity index (χ1n) is 18.0. The van der Waals surface area contributed by atoms with Crippen molar-refractivity contribution in [2.75, 3.05) is 6.61 Å². The van der Waals surface area contributed by atoms with Crippen LogP contribution in [-0.4, -0.2) is 23.0 Å². The molecule has 0 spiro atoms. The van der Waals surface area contributed by atoms with Gasteiger partial charge in [0.25, 0.3) is 0 Å². The summed E-state index contributed by atoms with van der Waals surface area (Å²) < 4.78 is 17.1. The van der Waals surface area contributed by atoms with E-state index in [9.17, 15) is 4.79 Å². The van der Waals surface area contributed by atoms with Gasteiger partial charge in [0.2, 0.25) is 4.90 Å². The summed E-state index contributed by atoms with van der Waals surface area (Å²) in [6, 6.07) is 58.4. The molecule has 0 aliphatic heterocycles. The monoisotopic (exact) mass is 780 g/mol. The van der Waals surface area contributed by atoms with Gasteiger partial charge in [-0.25, -0.2) is 4.79 Å². The van der Waals surface area contributed by atoms with E-state index in [2.05, 4.69) is 133 Å². The smallest absolute Gasteiger partial charge is 0.344 e. The van der Waals surface area contributed by atoms with Crippen LogP contribution in [0, 0.1) is 0 Å². The van der Waals surface area contributed by atoms with Crippen molar-refractivity contribution in [2.45, 2.75) is 62.2 Å².